The zero-order valence-electron chi connectivity index (χ0n) is 20.6. The number of nitrogens with zero attached hydrogens (tertiary/aromatic N) is 5. The highest BCUT2D eigenvalue weighted by atomic mass is 16.5. The first-order chi connectivity index (χ1) is 16.5. The van der Waals surface area contributed by atoms with Crippen LogP contribution in [0.5, 0.6) is 0 Å². The lowest BCUT2D eigenvalue weighted by atomic mass is 9.68. The predicted octanol–water partition coefficient (Wildman–Crippen LogP) is 5.65. The van der Waals surface area contributed by atoms with Crippen LogP contribution in [0.15, 0.2) is 72.9 Å². The van der Waals surface area contributed by atoms with E-state index < -0.39 is 0 Å². The normalized spacial score (nSPS) is 14.2. The number of hydrogen-bond donors (Lipinski definition) is 0. The second-order valence-corrected chi connectivity index (χ2v) is 9.11. The van der Waals surface area contributed by atoms with Gasteiger partial charge in [-0.05, 0) is 46.9 Å². The Labute approximate surface area is 202 Å². The molecule has 0 saturated carbocycles. The summed E-state index contributed by atoms with van der Waals surface area (Å²) in [7, 11) is 1.76. The van der Waals surface area contributed by atoms with Crippen LogP contribution in [0.4, 0.5) is 0 Å². The number of methoxy groups -OCH3 is 1. The lowest BCUT2D eigenvalue weighted by molar-refractivity contribution is 0.103. The van der Waals surface area contributed by atoms with Crippen molar-refractivity contribution in [1.29, 1.82) is 0 Å². The molecule has 0 aliphatic carbocycles. The highest BCUT2D eigenvalue weighted by Gasteiger charge is 2.32. The molecule has 4 aromatic rings. The Morgan fingerprint density at radius 1 is 0.941 bits per heavy atom. The van der Waals surface area contributed by atoms with E-state index in [0.717, 1.165) is 23.2 Å². The molecule has 0 radical (unpaired) electrons. The van der Waals surface area contributed by atoms with E-state index in [1.54, 1.807) is 11.9 Å². The Bertz CT molecular complexity index is 1190. The Morgan fingerprint density at radius 2 is 1.62 bits per heavy atom. The van der Waals surface area contributed by atoms with Gasteiger partial charge in [0, 0.05) is 36.4 Å². The molecule has 2 aromatic carbocycles. The third-order valence-corrected chi connectivity index (χ3v) is 6.92. The zero-order chi connectivity index (χ0) is 24.1. The molecule has 2 unspecified atom stereocenters. The number of hydrogen-bond acceptors (Lipinski definition) is 5. The van der Waals surface area contributed by atoms with Crippen LogP contribution >= 0.6 is 0 Å². The quantitative estimate of drug-likeness (QED) is 0.326. The second-order valence-electron chi connectivity index (χ2n) is 9.11. The van der Waals surface area contributed by atoms with E-state index in [2.05, 4.69) is 89.7 Å². The van der Waals surface area contributed by atoms with Gasteiger partial charge < -0.3 is 4.74 Å². The van der Waals surface area contributed by atoms with Gasteiger partial charge in [0.05, 0.1) is 12.6 Å². The molecule has 0 N–H and O–H groups in total. The summed E-state index contributed by atoms with van der Waals surface area (Å²) >= 11 is 0. The molecule has 6 nitrogen and oxygen atoms in total. The summed E-state index contributed by atoms with van der Waals surface area (Å²) in [4.78, 5) is 6.05. The third-order valence-electron chi connectivity index (χ3n) is 6.92. The van der Waals surface area contributed by atoms with Crippen LogP contribution in [0.2, 0.25) is 0 Å². The monoisotopic (exact) mass is 455 g/mol. The lowest BCUT2D eigenvalue weighted by Crippen LogP contribution is -2.30. The minimum absolute atomic E-state index is 0.0300. The van der Waals surface area contributed by atoms with Gasteiger partial charge in [0.15, 0.2) is 0 Å². The summed E-state index contributed by atoms with van der Waals surface area (Å²) in [6.45, 7) is 9.57. The molecular weight excluding hydrogens is 422 g/mol. The van der Waals surface area contributed by atoms with E-state index in [1.165, 1.54) is 11.1 Å². The van der Waals surface area contributed by atoms with E-state index >= 15 is 0 Å². The van der Waals surface area contributed by atoms with Crippen molar-refractivity contribution < 1.29 is 4.74 Å². The molecule has 2 heterocycles. The molecule has 2 aromatic heterocycles. The van der Waals surface area contributed by atoms with Crippen LogP contribution < -0.4 is 0 Å². The van der Waals surface area contributed by atoms with Crippen molar-refractivity contribution in [3.63, 3.8) is 0 Å². The lowest BCUT2D eigenvalue weighted by Gasteiger charge is -2.35. The highest BCUT2D eigenvalue weighted by Crippen LogP contribution is 2.40. The number of aromatic nitrogens is 5. The summed E-state index contributed by atoms with van der Waals surface area (Å²) in [5, 5.41) is 12.7. The first-order valence-corrected chi connectivity index (χ1v) is 11.9. The molecule has 176 valence electrons. The number of aryl methyl sites for hydroxylation is 1. The molecule has 0 amide bonds. The molecule has 34 heavy (non-hydrogen) atoms. The average Bonchev–Trinajstić information content (AvgIpc) is 3.37. The van der Waals surface area contributed by atoms with E-state index in [1.807, 2.05) is 31.3 Å². The molecule has 0 bridgehead atoms. The summed E-state index contributed by atoms with van der Waals surface area (Å²) in [5.41, 5.74) is 5.56. The minimum Gasteiger partial charge on any atom is -0.376 e. The van der Waals surface area contributed by atoms with Crippen molar-refractivity contribution in [1.82, 2.24) is 25.2 Å². The molecular formula is C28H33N5O. The third kappa shape index (κ3) is 4.77. The second kappa shape index (κ2) is 10.3. The van der Waals surface area contributed by atoms with Gasteiger partial charge in [-0.1, -0.05) is 75.4 Å². The molecule has 0 saturated heterocycles. The predicted molar refractivity (Wildman–Crippen MR) is 134 cm³/mol. The SMILES string of the molecule is CCn1nnc(-c2ccc(C(C)(c3ccc(C(Cc4ccccn4)OC)cc3)C(C)C)cc2)n1. The first kappa shape index (κ1) is 23.8. The fraction of sp³-hybridized carbons (Fsp3) is 0.357. The number of tetrazole rings is 1. The maximum Gasteiger partial charge on any atom is 0.204 e. The zero-order valence-corrected chi connectivity index (χ0v) is 20.6. The van der Waals surface area contributed by atoms with Gasteiger partial charge in [0.2, 0.25) is 5.82 Å². The van der Waals surface area contributed by atoms with Crippen molar-refractivity contribution in [3.8, 4) is 11.4 Å². The van der Waals surface area contributed by atoms with Crippen molar-refractivity contribution >= 4 is 0 Å². The van der Waals surface area contributed by atoms with Crippen LogP contribution in [0.3, 0.4) is 0 Å². The Balaban J connectivity index is 1.59. The van der Waals surface area contributed by atoms with Gasteiger partial charge in [-0.15, -0.1) is 10.2 Å². The van der Waals surface area contributed by atoms with Crippen molar-refractivity contribution in [3.05, 3.63) is 95.3 Å². The van der Waals surface area contributed by atoms with E-state index in [9.17, 15) is 0 Å². The Kier molecular flexibility index (Phi) is 7.17. The fourth-order valence-electron chi connectivity index (χ4n) is 4.38. The van der Waals surface area contributed by atoms with Crippen LogP contribution in [0.1, 0.15) is 56.2 Å². The van der Waals surface area contributed by atoms with E-state index in [4.69, 9.17) is 4.74 Å². The topological polar surface area (TPSA) is 65.7 Å². The van der Waals surface area contributed by atoms with E-state index in [-0.39, 0.29) is 11.5 Å². The Hall–Kier alpha value is -3.38. The fourth-order valence-corrected chi connectivity index (χ4v) is 4.38. The largest absolute Gasteiger partial charge is 0.376 e. The standard InChI is InChI=1S/C28H33N5O/c1-6-33-31-27(30-32-33)22-12-16-24(17-13-22)28(4,20(2)3)23-14-10-21(11-15-23)26(34-5)19-25-9-7-8-18-29-25/h7-18,20,26H,6,19H2,1-5H3. The number of benzene rings is 2. The molecule has 2 atom stereocenters. The molecule has 4 rings (SSSR count). The summed E-state index contributed by atoms with van der Waals surface area (Å²) in [5.74, 6) is 1.05. The minimum atomic E-state index is -0.144. The maximum atomic E-state index is 5.80. The molecule has 6 heteroatoms. The Morgan fingerprint density at radius 3 is 2.15 bits per heavy atom. The number of rotatable bonds is 9. The molecule has 0 spiro atoms. The van der Waals surface area contributed by atoms with Crippen LogP contribution in [-0.4, -0.2) is 32.3 Å². The maximum absolute atomic E-state index is 5.80. The summed E-state index contributed by atoms with van der Waals surface area (Å²) < 4.78 is 5.80. The van der Waals surface area contributed by atoms with Gasteiger partial charge >= 0.3 is 0 Å². The average molecular weight is 456 g/mol. The van der Waals surface area contributed by atoms with Crippen molar-refractivity contribution in [2.24, 2.45) is 5.92 Å². The van der Waals surface area contributed by atoms with Crippen molar-refractivity contribution in [2.45, 2.75) is 52.2 Å². The van der Waals surface area contributed by atoms with Gasteiger partial charge in [-0.25, -0.2) is 0 Å². The van der Waals surface area contributed by atoms with Crippen LogP contribution in [0.25, 0.3) is 11.4 Å². The van der Waals surface area contributed by atoms with E-state index in [0.29, 0.717) is 18.3 Å². The van der Waals surface area contributed by atoms with Gasteiger partial charge in [-0.2, -0.15) is 4.80 Å². The first-order valence-electron chi connectivity index (χ1n) is 11.9. The van der Waals surface area contributed by atoms with Gasteiger partial charge in [0.25, 0.3) is 0 Å². The van der Waals surface area contributed by atoms with Gasteiger partial charge in [-0.3, -0.25) is 4.98 Å². The smallest absolute Gasteiger partial charge is 0.204 e. The van der Waals surface area contributed by atoms with Crippen LogP contribution in [-0.2, 0) is 23.1 Å². The van der Waals surface area contributed by atoms with Gasteiger partial charge in [0.1, 0.15) is 0 Å². The molecule has 0 aliphatic heterocycles. The molecule has 0 aliphatic rings. The number of pyridine rings is 1. The number of ether oxygens (including phenoxy) is 1. The summed E-state index contributed by atoms with van der Waals surface area (Å²) in [6.07, 6.45) is 2.54. The summed E-state index contributed by atoms with van der Waals surface area (Å²) in [6, 6.07) is 23.4. The highest BCUT2D eigenvalue weighted by molar-refractivity contribution is 5.55. The van der Waals surface area contributed by atoms with Crippen molar-refractivity contribution in [2.75, 3.05) is 7.11 Å². The van der Waals surface area contributed by atoms with Crippen LogP contribution in [0, 0.1) is 5.92 Å². The molecule has 0 fully saturated rings.